The lowest BCUT2D eigenvalue weighted by Crippen LogP contribution is -2.12. The summed E-state index contributed by atoms with van der Waals surface area (Å²) in [6.07, 6.45) is -0.481. The molecule has 1 atom stereocenters. The van der Waals surface area contributed by atoms with Gasteiger partial charge in [-0.1, -0.05) is 25.5 Å². The van der Waals surface area contributed by atoms with E-state index in [1.165, 1.54) is 18.2 Å². The Balaban J connectivity index is 2.68. The van der Waals surface area contributed by atoms with Crippen LogP contribution in [0.1, 0.15) is 37.8 Å². The Morgan fingerprint density at radius 2 is 2.10 bits per heavy atom. The van der Waals surface area contributed by atoms with E-state index in [0.717, 1.165) is 31.1 Å². The third-order valence-electron chi connectivity index (χ3n) is 2.64. The molecule has 0 saturated heterocycles. The van der Waals surface area contributed by atoms with Crippen LogP contribution in [0.15, 0.2) is 30.3 Å². The number of benzene rings is 1. The van der Waals surface area contributed by atoms with Gasteiger partial charge in [0.2, 0.25) is 0 Å². The first kappa shape index (κ1) is 16.3. The van der Waals surface area contributed by atoms with Gasteiger partial charge < -0.3 is 4.74 Å². The highest BCUT2D eigenvalue weighted by molar-refractivity contribution is 5.87. The summed E-state index contributed by atoms with van der Waals surface area (Å²) in [5, 5.41) is 0. The van der Waals surface area contributed by atoms with Crippen molar-refractivity contribution in [2.24, 2.45) is 0 Å². The molecule has 0 radical (unpaired) electrons. The first-order valence-corrected chi connectivity index (χ1v) is 6.39. The second-order valence-corrected chi connectivity index (χ2v) is 4.49. The molecule has 1 aromatic carbocycles. The molecule has 0 aliphatic rings. The van der Waals surface area contributed by atoms with Gasteiger partial charge in [0.15, 0.2) is 0 Å². The maximum Gasteiger partial charge on any atom is 0.416 e. The number of alkyl halides is 3. The zero-order valence-corrected chi connectivity index (χ0v) is 11.4. The molecule has 1 unspecified atom stereocenters. The fourth-order valence-corrected chi connectivity index (χ4v) is 1.69. The molecule has 0 spiro atoms. The Morgan fingerprint density at radius 1 is 1.40 bits per heavy atom. The predicted molar refractivity (Wildman–Crippen MR) is 70.9 cm³/mol. The molecule has 1 aromatic rings. The van der Waals surface area contributed by atoms with Crippen molar-refractivity contribution in [3.8, 4) is 0 Å². The van der Waals surface area contributed by atoms with Crippen LogP contribution in [-0.4, -0.2) is 12.1 Å². The van der Waals surface area contributed by atoms with Crippen molar-refractivity contribution in [3.63, 3.8) is 0 Å². The second kappa shape index (κ2) is 7.12. The van der Waals surface area contributed by atoms with Gasteiger partial charge >= 0.3 is 12.1 Å². The Bertz CT molecular complexity index is 478. The van der Waals surface area contributed by atoms with Crippen LogP contribution >= 0.6 is 0 Å². The number of carbonyl (C=O) groups is 1. The summed E-state index contributed by atoms with van der Waals surface area (Å²) in [6, 6.07) is 4.76. The van der Waals surface area contributed by atoms with Crippen molar-refractivity contribution in [2.45, 2.75) is 39.0 Å². The van der Waals surface area contributed by atoms with Gasteiger partial charge in [-0.3, -0.25) is 0 Å². The van der Waals surface area contributed by atoms with Crippen molar-refractivity contribution >= 4 is 12.0 Å². The van der Waals surface area contributed by atoms with Gasteiger partial charge in [-0.2, -0.15) is 13.2 Å². The van der Waals surface area contributed by atoms with E-state index in [1.807, 2.05) is 6.92 Å². The van der Waals surface area contributed by atoms with E-state index < -0.39 is 17.7 Å². The van der Waals surface area contributed by atoms with Crippen molar-refractivity contribution in [1.29, 1.82) is 0 Å². The zero-order valence-electron chi connectivity index (χ0n) is 11.4. The number of carbonyl (C=O) groups excluding carboxylic acids is 1. The van der Waals surface area contributed by atoms with E-state index >= 15 is 0 Å². The maximum absolute atomic E-state index is 12.5. The molecule has 0 amide bonds. The molecule has 2 nitrogen and oxygen atoms in total. The van der Waals surface area contributed by atoms with Crippen molar-refractivity contribution < 1.29 is 22.7 Å². The quantitative estimate of drug-likeness (QED) is 0.590. The minimum Gasteiger partial charge on any atom is -0.460 e. The predicted octanol–water partition coefficient (Wildman–Crippen LogP) is 4.45. The molecular formula is C15H17F3O2. The average molecular weight is 286 g/mol. The van der Waals surface area contributed by atoms with Crippen LogP contribution in [0.3, 0.4) is 0 Å². The number of ether oxygens (including phenoxy) is 1. The minimum atomic E-state index is -4.39. The van der Waals surface area contributed by atoms with Gasteiger partial charge in [0, 0.05) is 6.08 Å². The average Bonchev–Trinajstić information content (AvgIpc) is 2.36. The molecule has 0 aliphatic heterocycles. The van der Waals surface area contributed by atoms with Crippen LogP contribution < -0.4 is 0 Å². The fourth-order valence-electron chi connectivity index (χ4n) is 1.69. The van der Waals surface area contributed by atoms with Crippen LogP contribution in [-0.2, 0) is 15.7 Å². The van der Waals surface area contributed by atoms with Crippen LogP contribution in [0.4, 0.5) is 13.2 Å². The van der Waals surface area contributed by atoms with Crippen LogP contribution in [0.5, 0.6) is 0 Å². The number of esters is 1. The molecule has 20 heavy (non-hydrogen) atoms. The molecule has 0 aliphatic carbocycles. The molecule has 1 rings (SSSR count). The van der Waals surface area contributed by atoms with E-state index in [4.69, 9.17) is 4.74 Å². The normalized spacial score (nSPS) is 13.4. The summed E-state index contributed by atoms with van der Waals surface area (Å²) in [5.74, 6) is -0.552. The monoisotopic (exact) mass is 286 g/mol. The highest BCUT2D eigenvalue weighted by Gasteiger charge is 2.30. The Labute approximate surface area is 116 Å². The van der Waals surface area contributed by atoms with Crippen LogP contribution in [0.25, 0.3) is 6.08 Å². The summed E-state index contributed by atoms with van der Waals surface area (Å²) in [7, 11) is 0. The Kier molecular flexibility index (Phi) is 5.80. The van der Waals surface area contributed by atoms with E-state index in [-0.39, 0.29) is 6.10 Å². The third kappa shape index (κ3) is 5.47. The summed E-state index contributed by atoms with van der Waals surface area (Å²) in [4.78, 5) is 11.5. The fraction of sp³-hybridized carbons (Fsp3) is 0.400. The van der Waals surface area contributed by atoms with Crippen LogP contribution in [0, 0.1) is 0 Å². The van der Waals surface area contributed by atoms with Crippen molar-refractivity contribution in [3.05, 3.63) is 41.5 Å². The number of hydrogen-bond donors (Lipinski definition) is 0. The smallest absolute Gasteiger partial charge is 0.416 e. The maximum atomic E-state index is 12.5. The Morgan fingerprint density at radius 3 is 2.70 bits per heavy atom. The minimum absolute atomic E-state index is 0.196. The van der Waals surface area contributed by atoms with Gasteiger partial charge in [-0.25, -0.2) is 4.79 Å². The lowest BCUT2D eigenvalue weighted by Gasteiger charge is -2.10. The van der Waals surface area contributed by atoms with E-state index in [1.54, 1.807) is 6.92 Å². The van der Waals surface area contributed by atoms with Gasteiger partial charge in [0.25, 0.3) is 0 Å². The molecule has 5 heteroatoms. The molecular weight excluding hydrogens is 269 g/mol. The summed E-state index contributed by atoms with van der Waals surface area (Å²) < 4.78 is 42.6. The highest BCUT2D eigenvalue weighted by Crippen LogP contribution is 2.29. The molecule has 0 aromatic heterocycles. The largest absolute Gasteiger partial charge is 0.460 e. The second-order valence-electron chi connectivity index (χ2n) is 4.49. The molecule has 0 bridgehead atoms. The summed E-state index contributed by atoms with van der Waals surface area (Å²) in [6.45, 7) is 3.75. The molecule has 0 N–H and O–H groups in total. The molecule has 0 saturated carbocycles. The third-order valence-corrected chi connectivity index (χ3v) is 2.64. The summed E-state index contributed by atoms with van der Waals surface area (Å²) >= 11 is 0. The van der Waals surface area contributed by atoms with E-state index in [0.29, 0.717) is 5.56 Å². The highest BCUT2D eigenvalue weighted by atomic mass is 19.4. The van der Waals surface area contributed by atoms with E-state index in [9.17, 15) is 18.0 Å². The van der Waals surface area contributed by atoms with Crippen molar-refractivity contribution in [2.75, 3.05) is 0 Å². The van der Waals surface area contributed by atoms with Gasteiger partial charge in [-0.05, 0) is 37.1 Å². The number of halogens is 3. The summed E-state index contributed by atoms with van der Waals surface area (Å²) in [5.41, 5.74) is -0.438. The molecule has 110 valence electrons. The van der Waals surface area contributed by atoms with Gasteiger partial charge in [-0.15, -0.1) is 0 Å². The van der Waals surface area contributed by atoms with Gasteiger partial charge in [0.05, 0.1) is 11.7 Å². The zero-order chi connectivity index (χ0) is 15.2. The standard InChI is InChI=1S/C15H17F3O2/c1-3-5-11(2)20-14(19)9-8-12-6-4-7-13(10-12)15(16,17)18/h4,6-11H,3,5H2,1-2H3/b9-8+. The topological polar surface area (TPSA) is 26.3 Å². The van der Waals surface area contributed by atoms with Crippen LogP contribution in [0.2, 0.25) is 0 Å². The SMILES string of the molecule is CCCC(C)OC(=O)/C=C/c1cccc(C(F)(F)F)c1. The Hall–Kier alpha value is -1.78. The number of rotatable bonds is 5. The molecule has 0 fully saturated rings. The van der Waals surface area contributed by atoms with E-state index in [2.05, 4.69) is 0 Å². The lowest BCUT2D eigenvalue weighted by molar-refractivity contribution is -0.142. The number of hydrogen-bond acceptors (Lipinski definition) is 2. The molecule has 0 heterocycles. The first-order chi connectivity index (χ1) is 9.32. The van der Waals surface area contributed by atoms with Gasteiger partial charge in [0.1, 0.15) is 0 Å². The first-order valence-electron chi connectivity index (χ1n) is 6.39. The van der Waals surface area contributed by atoms with Crippen molar-refractivity contribution in [1.82, 2.24) is 0 Å². The lowest BCUT2D eigenvalue weighted by atomic mass is 10.1.